The Hall–Kier alpha value is -2.91. The number of aromatic amines is 1. The van der Waals surface area contributed by atoms with E-state index in [0.717, 1.165) is 35.0 Å². The van der Waals surface area contributed by atoms with Gasteiger partial charge in [-0.1, -0.05) is 0 Å². The Kier molecular flexibility index (Phi) is 6.31. The van der Waals surface area contributed by atoms with Gasteiger partial charge in [0.2, 0.25) is 0 Å². The molecule has 1 aliphatic heterocycles. The van der Waals surface area contributed by atoms with Gasteiger partial charge < -0.3 is 19.4 Å². The van der Waals surface area contributed by atoms with E-state index in [1.165, 1.54) is 16.9 Å². The van der Waals surface area contributed by atoms with Crippen LogP contribution in [0.3, 0.4) is 0 Å². The number of carbonyl (C=O) groups is 1. The smallest absolute Gasteiger partial charge is 0.259 e. The van der Waals surface area contributed by atoms with Gasteiger partial charge in [-0.25, -0.2) is 4.98 Å². The van der Waals surface area contributed by atoms with E-state index in [1.54, 1.807) is 37.7 Å². The molecule has 5 rings (SSSR count). The molecule has 0 spiro atoms. The summed E-state index contributed by atoms with van der Waals surface area (Å²) in [6, 6.07) is 3.55. The molecular formula is C25H30N4O4S. The zero-order valence-electron chi connectivity index (χ0n) is 19.9. The average Bonchev–Trinajstić information content (AvgIpc) is 3.23. The Morgan fingerprint density at radius 3 is 2.44 bits per heavy atom. The number of benzene rings is 1. The van der Waals surface area contributed by atoms with Crippen LogP contribution in [0.25, 0.3) is 10.2 Å². The van der Waals surface area contributed by atoms with Crippen LogP contribution >= 0.6 is 11.3 Å². The Balaban J connectivity index is 1.27. The van der Waals surface area contributed by atoms with E-state index >= 15 is 0 Å². The molecule has 1 saturated heterocycles. The quantitative estimate of drug-likeness (QED) is 0.601. The number of thiophene rings is 1. The number of nitrogens with one attached hydrogen (secondary N) is 1. The molecule has 1 amide bonds. The molecule has 0 bridgehead atoms. The minimum absolute atomic E-state index is 0.0181. The summed E-state index contributed by atoms with van der Waals surface area (Å²) in [6.45, 7) is 5.13. The third-order valence-electron chi connectivity index (χ3n) is 6.91. The maximum atomic E-state index is 13.1. The van der Waals surface area contributed by atoms with Crippen molar-refractivity contribution in [3.63, 3.8) is 0 Å². The normalized spacial score (nSPS) is 16.5. The van der Waals surface area contributed by atoms with Gasteiger partial charge >= 0.3 is 0 Å². The summed E-state index contributed by atoms with van der Waals surface area (Å²) in [7, 11) is 3.19. The van der Waals surface area contributed by atoms with Gasteiger partial charge in [-0.2, -0.15) is 0 Å². The third kappa shape index (κ3) is 4.18. The molecule has 0 saturated carbocycles. The topological polar surface area (TPSA) is 87.8 Å². The maximum Gasteiger partial charge on any atom is 0.259 e. The van der Waals surface area contributed by atoms with E-state index in [1.807, 2.05) is 11.8 Å². The van der Waals surface area contributed by atoms with Crippen LogP contribution < -0.4 is 15.0 Å². The van der Waals surface area contributed by atoms with Crippen LogP contribution in [-0.4, -0.2) is 66.1 Å². The molecule has 1 aliphatic carbocycles. The first-order valence-electron chi connectivity index (χ1n) is 11.8. The lowest BCUT2D eigenvalue weighted by Gasteiger charge is -2.34. The molecule has 0 unspecified atom stereocenters. The number of H-pyrrole nitrogens is 1. The van der Waals surface area contributed by atoms with Crippen LogP contribution in [0.5, 0.6) is 11.5 Å². The van der Waals surface area contributed by atoms with Gasteiger partial charge in [0.05, 0.1) is 26.2 Å². The Morgan fingerprint density at radius 1 is 1.09 bits per heavy atom. The van der Waals surface area contributed by atoms with E-state index in [0.29, 0.717) is 55.6 Å². The number of nitrogens with zero attached hydrogens (tertiary/aromatic N) is 3. The van der Waals surface area contributed by atoms with Gasteiger partial charge in [0.25, 0.3) is 11.5 Å². The molecule has 180 valence electrons. The Labute approximate surface area is 202 Å². The first-order valence-corrected chi connectivity index (χ1v) is 12.6. The second kappa shape index (κ2) is 9.38. The van der Waals surface area contributed by atoms with Crippen LogP contribution in [0, 0.1) is 6.92 Å². The van der Waals surface area contributed by atoms with E-state index in [2.05, 4.69) is 9.88 Å². The van der Waals surface area contributed by atoms with E-state index < -0.39 is 0 Å². The second-order valence-electron chi connectivity index (χ2n) is 8.98. The molecule has 3 heterocycles. The number of hydrogen-bond acceptors (Lipinski definition) is 7. The van der Waals surface area contributed by atoms with Crippen LogP contribution in [0.2, 0.25) is 0 Å². The fourth-order valence-electron chi connectivity index (χ4n) is 5.00. The number of aromatic nitrogens is 2. The number of amides is 1. The molecule has 1 aromatic carbocycles. The summed E-state index contributed by atoms with van der Waals surface area (Å²) in [4.78, 5) is 40.0. The summed E-state index contributed by atoms with van der Waals surface area (Å²) in [5, 5.41) is 0.794. The molecular weight excluding hydrogens is 452 g/mol. The van der Waals surface area contributed by atoms with Crippen molar-refractivity contribution in [3.8, 4) is 11.5 Å². The highest BCUT2D eigenvalue weighted by atomic mass is 32.1. The number of ether oxygens (including phenoxy) is 2. The lowest BCUT2D eigenvalue weighted by atomic mass is 9.97. The number of rotatable bonds is 5. The monoisotopic (exact) mass is 482 g/mol. The molecule has 8 nitrogen and oxygen atoms in total. The molecule has 2 aromatic heterocycles. The zero-order chi connectivity index (χ0) is 23.8. The predicted molar refractivity (Wildman–Crippen MR) is 132 cm³/mol. The number of piperazine rings is 1. The lowest BCUT2D eigenvalue weighted by Crippen LogP contribution is -2.48. The van der Waals surface area contributed by atoms with Gasteiger partial charge in [0, 0.05) is 42.2 Å². The molecule has 0 atom stereocenters. The zero-order valence-corrected chi connectivity index (χ0v) is 20.7. The highest BCUT2D eigenvalue weighted by Gasteiger charge is 2.25. The summed E-state index contributed by atoms with van der Waals surface area (Å²) in [5.74, 6) is 1.95. The van der Waals surface area contributed by atoms with Crippen molar-refractivity contribution in [3.05, 3.63) is 49.9 Å². The van der Waals surface area contributed by atoms with Crippen molar-refractivity contribution < 1.29 is 14.3 Å². The van der Waals surface area contributed by atoms with Gasteiger partial charge in [0.15, 0.2) is 0 Å². The minimum Gasteiger partial charge on any atom is -0.496 e. The fourth-order valence-corrected chi connectivity index (χ4v) is 6.28. The molecule has 3 aromatic rings. The summed E-state index contributed by atoms with van der Waals surface area (Å²) >= 11 is 1.68. The van der Waals surface area contributed by atoms with Crippen molar-refractivity contribution in [2.75, 3.05) is 40.4 Å². The number of hydrogen-bond donors (Lipinski definition) is 1. The third-order valence-corrected chi connectivity index (χ3v) is 8.09. The van der Waals surface area contributed by atoms with Crippen molar-refractivity contribution in [2.24, 2.45) is 0 Å². The highest BCUT2D eigenvalue weighted by molar-refractivity contribution is 7.18. The lowest BCUT2D eigenvalue weighted by molar-refractivity contribution is 0.0625. The molecule has 1 fully saturated rings. The van der Waals surface area contributed by atoms with E-state index in [9.17, 15) is 9.59 Å². The number of carbonyl (C=O) groups excluding carboxylic acids is 1. The van der Waals surface area contributed by atoms with Crippen molar-refractivity contribution in [1.82, 2.24) is 19.8 Å². The number of aryl methyl sites for hydroxylation is 2. The molecule has 0 radical (unpaired) electrons. The Bertz CT molecular complexity index is 1270. The summed E-state index contributed by atoms with van der Waals surface area (Å²) < 4.78 is 10.8. The predicted octanol–water partition coefficient (Wildman–Crippen LogP) is 3.15. The van der Waals surface area contributed by atoms with Crippen LogP contribution in [0.4, 0.5) is 0 Å². The van der Waals surface area contributed by atoms with Crippen LogP contribution in [-0.2, 0) is 19.4 Å². The van der Waals surface area contributed by atoms with Crippen LogP contribution in [0.15, 0.2) is 16.9 Å². The Morgan fingerprint density at radius 2 is 1.76 bits per heavy atom. The fraction of sp³-hybridized carbons (Fsp3) is 0.480. The summed E-state index contributed by atoms with van der Waals surface area (Å²) in [5.41, 5.74) is 2.63. The van der Waals surface area contributed by atoms with Gasteiger partial charge in [-0.3, -0.25) is 14.5 Å². The number of fused-ring (bicyclic) bond motifs is 3. The van der Waals surface area contributed by atoms with Crippen molar-refractivity contribution >= 4 is 27.5 Å². The van der Waals surface area contributed by atoms with Gasteiger partial charge in [0.1, 0.15) is 22.2 Å². The first kappa shape index (κ1) is 22.9. The van der Waals surface area contributed by atoms with E-state index in [4.69, 9.17) is 14.5 Å². The van der Waals surface area contributed by atoms with Crippen LogP contribution in [0.1, 0.15) is 45.0 Å². The van der Waals surface area contributed by atoms with Gasteiger partial charge in [-0.05, 0) is 50.3 Å². The van der Waals surface area contributed by atoms with Gasteiger partial charge in [-0.15, -0.1) is 11.3 Å². The standard InChI is InChI=1S/C25H30N4O4S/c1-15-18(32-2)12-16(13-19(15)33-3)25(31)29-10-8-28(9-11-29)14-21-26-23(30)22-17-6-4-5-7-20(17)34-24(22)27-21/h12-13H,4-11,14H2,1-3H3,(H,26,27,30). The number of methoxy groups -OCH3 is 2. The molecule has 9 heteroatoms. The SMILES string of the molecule is COc1cc(C(=O)N2CCN(Cc3nc4sc5c(c4c(=O)[nH]3)CCCC5)CC2)cc(OC)c1C. The van der Waals surface area contributed by atoms with E-state index in [-0.39, 0.29) is 11.5 Å². The largest absolute Gasteiger partial charge is 0.496 e. The summed E-state index contributed by atoms with van der Waals surface area (Å²) in [6.07, 6.45) is 4.37. The molecule has 34 heavy (non-hydrogen) atoms. The van der Waals surface area contributed by atoms with Crippen molar-refractivity contribution in [2.45, 2.75) is 39.2 Å². The second-order valence-corrected chi connectivity index (χ2v) is 10.1. The minimum atomic E-state index is -0.0339. The maximum absolute atomic E-state index is 13.1. The first-order chi connectivity index (χ1) is 16.5. The highest BCUT2D eigenvalue weighted by Crippen LogP contribution is 2.33. The van der Waals surface area contributed by atoms with Crippen molar-refractivity contribution in [1.29, 1.82) is 0 Å². The average molecular weight is 483 g/mol. The molecule has 2 aliphatic rings. The molecule has 1 N–H and O–H groups in total.